The minimum Gasteiger partial charge on any atom is -0.507 e. The Hall–Kier alpha value is -1.77. The first-order chi connectivity index (χ1) is 6.68. The number of hydrogen-bond donors (Lipinski definition) is 1. The van der Waals surface area contributed by atoms with E-state index in [1.165, 1.54) is 0 Å². The second-order valence-corrected chi connectivity index (χ2v) is 3.25. The highest BCUT2D eigenvalue weighted by atomic mass is 16.4. The summed E-state index contributed by atoms with van der Waals surface area (Å²) in [6.45, 7) is 3.66. The molecule has 0 saturated carbocycles. The summed E-state index contributed by atoms with van der Waals surface area (Å²) >= 11 is 0. The molecule has 1 aromatic carbocycles. The van der Waals surface area contributed by atoms with Gasteiger partial charge in [-0.2, -0.15) is 0 Å². The predicted octanol–water partition coefficient (Wildman–Crippen LogP) is 2.66. The lowest BCUT2D eigenvalue weighted by Crippen LogP contribution is -1.81. The summed E-state index contributed by atoms with van der Waals surface area (Å²) in [6, 6.07) is 5.49. The molecule has 0 amide bonds. The van der Waals surface area contributed by atoms with Crippen LogP contribution in [0, 0.1) is 13.8 Å². The number of para-hydroxylation sites is 1. The fraction of sp³-hybridized carbons (Fsp3) is 0.182. The zero-order valence-corrected chi connectivity index (χ0v) is 8.11. The molecule has 0 aliphatic rings. The fourth-order valence-corrected chi connectivity index (χ4v) is 1.31. The van der Waals surface area contributed by atoms with Crippen molar-refractivity contribution in [3.05, 3.63) is 35.7 Å². The van der Waals surface area contributed by atoms with Gasteiger partial charge in [-0.05, 0) is 25.5 Å². The summed E-state index contributed by atoms with van der Waals surface area (Å²) in [6.07, 6.45) is 1.64. The highest BCUT2D eigenvalue weighted by molar-refractivity contribution is 5.64. The molecule has 0 radical (unpaired) electrons. The van der Waals surface area contributed by atoms with E-state index in [9.17, 15) is 5.11 Å². The van der Waals surface area contributed by atoms with Gasteiger partial charge in [0.1, 0.15) is 11.5 Å². The second kappa shape index (κ2) is 3.18. The molecule has 0 unspecified atom stereocenters. The van der Waals surface area contributed by atoms with Gasteiger partial charge < -0.3 is 9.52 Å². The van der Waals surface area contributed by atoms with E-state index >= 15 is 0 Å². The molecular formula is C11H11NO2. The van der Waals surface area contributed by atoms with Crippen molar-refractivity contribution in [1.29, 1.82) is 0 Å². The van der Waals surface area contributed by atoms with Gasteiger partial charge in [0.15, 0.2) is 0 Å². The smallest absolute Gasteiger partial charge is 0.229 e. The molecular weight excluding hydrogens is 178 g/mol. The van der Waals surface area contributed by atoms with Crippen molar-refractivity contribution in [1.82, 2.24) is 4.98 Å². The summed E-state index contributed by atoms with van der Waals surface area (Å²) in [5.74, 6) is 1.43. The summed E-state index contributed by atoms with van der Waals surface area (Å²) in [7, 11) is 0. The number of nitrogens with zero attached hydrogens (tertiary/aromatic N) is 1. The van der Waals surface area contributed by atoms with E-state index in [1.54, 1.807) is 12.3 Å². The van der Waals surface area contributed by atoms with Crippen molar-refractivity contribution in [2.75, 3.05) is 0 Å². The number of oxazole rings is 1. The lowest BCUT2D eigenvalue weighted by atomic mass is 10.1. The maximum Gasteiger partial charge on any atom is 0.229 e. The summed E-state index contributed by atoms with van der Waals surface area (Å²) in [5, 5.41) is 9.76. The summed E-state index contributed by atoms with van der Waals surface area (Å²) in [5.41, 5.74) is 1.46. The van der Waals surface area contributed by atoms with Gasteiger partial charge >= 0.3 is 0 Å². The van der Waals surface area contributed by atoms with E-state index in [0.717, 1.165) is 11.3 Å². The largest absolute Gasteiger partial charge is 0.507 e. The van der Waals surface area contributed by atoms with Gasteiger partial charge in [-0.3, -0.25) is 0 Å². The van der Waals surface area contributed by atoms with Crippen molar-refractivity contribution >= 4 is 0 Å². The van der Waals surface area contributed by atoms with Crippen LogP contribution in [0.5, 0.6) is 5.75 Å². The van der Waals surface area contributed by atoms with E-state index in [2.05, 4.69) is 4.98 Å². The number of phenols is 1. The molecule has 2 rings (SSSR count). The third kappa shape index (κ3) is 1.37. The Morgan fingerprint density at radius 1 is 1.29 bits per heavy atom. The molecule has 0 atom stereocenters. The topological polar surface area (TPSA) is 46.3 Å². The molecule has 0 aliphatic heterocycles. The molecule has 3 nitrogen and oxygen atoms in total. The van der Waals surface area contributed by atoms with Gasteiger partial charge in [-0.15, -0.1) is 0 Å². The Morgan fingerprint density at radius 3 is 2.71 bits per heavy atom. The van der Waals surface area contributed by atoms with Crippen LogP contribution in [0.3, 0.4) is 0 Å². The van der Waals surface area contributed by atoms with E-state index < -0.39 is 0 Å². The average Bonchev–Trinajstić information content (AvgIpc) is 2.57. The minimum absolute atomic E-state index is 0.231. The third-order valence-electron chi connectivity index (χ3n) is 2.09. The number of phenolic OH excluding ortho intramolecular Hbond substituents is 1. The lowest BCUT2D eigenvalue weighted by Gasteiger charge is -2.02. The van der Waals surface area contributed by atoms with Gasteiger partial charge in [0.25, 0.3) is 0 Å². The molecule has 3 heteroatoms. The lowest BCUT2D eigenvalue weighted by molar-refractivity contribution is 0.467. The van der Waals surface area contributed by atoms with Crippen LogP contribution in [-0.2, 0) is 0 Å². The number of rotatable bonds is 1. The van der Waals surface area contributed by atoms with Crippen molar-refractivity contribution in [3.63, 3.8) is 0 Å². The number of hydrogen-bond acceptors (Lipinski definition) is 3. The molecule has 0 spiro atoms. The molecule has 14 heavy (non-hydrogen) atoms. The van der Waals surface area contributed by atoms with Crippen LogP contribution in [0.1, 0.15) is 11.3 Å². The van der Waals surface area contributed by atoms with Crippen molar-refractivity contribution < 1.29 is 9.52 Å². The first-order valence-electron chi connectivity index (χ1n) is 4.40. The molecule has 1 aromatic heterocycles. The standard InChI is InChI=1S/C11H11NO2/c1-7-4-3-5-9(10(7)13)11-12-6-8(2)14-11/h3-6,13H,1-2H3. The van der Waals surface area contributed by atoms with Crippen LogP contribution in [0.2, 0.25) is 0 Å². The number of aryl methyl sites for hydroxylation is 2. The fourth-order valence-electron chi connectivity index (χ4n) is 1.31. The molecule has 2 aromatic rings. The maximum absolute atomic E-state index is 9.76. The Labute approximate surface area is 82.0 Å². The molecule has 1 N–H and O–H groups in total. The maximum atomic E-state index is 9.76. The Bertz CT molecular complexity index is 460. The number of benzene rings is 1. The van der Waals surface area contributed by atoms with Crippen LogP contribution in [-0.4, -0.2) is 10.1 Å². The summed E-state index contributed by atoms with van der Waals surface area (Å²) in [4.78, 5) is 4.06. The van der Waals surface area contributed by atoms with Crippen LogP contribution in [0.15, 0.2) is 28.8 Å². The molecule has 0 fully saturated rings. The SMILES string of the molecule is Cc1cnc(-c2cccc(C)c2O)o1. The van der Waals surface area contributed by atoms with E-state index in [4.69, 9.17) is 4.42 Å². The van der Waals surface area contributed by atoms with Crippen molar-refractivity contribution in [3.8, 4) is 17.2 Å². The average molecular weight is 189 g/mol. The van der Waals surface area contributed by atoms with E-state index in [0.29, 0.717) is 11.5 Å². The van der Waals surface area contributed by atoms with E-state index in [1.807, 2.05) is 26.0 Å². The van der Waals surface area contributed by atoms with Gasteiger partial charge in [-0.1, -0.05) is 12.1 Å². The zero-order chi connectivity index (χ0) is 10.1. The van der Waals surface area contributed by atoms with Gasteiger partial charge in [-0.25, -0.2) is 4.98 Å². The number of aromatic nitrogens is 1. The zero-order valence-electron chi connectivity index (χ0n) is 8.11. The molecule has 0 aliphatic carbocycles. The third-order valence-corrected chi connectivity index (χ3v) is 2.09. The van der Waals surface area contributed by atoms with Gasteiger partial charge in [0.2, 0.25) is 5.89 Å². The molecule has 0 saturated heterocycles. The minimum atomic E-state index is 0.231. The summed E-state index contributed by atoms with van der Waals surface area (Å²) < 4.78 is 5.33. The first-order valence-corrected chi connectivity index (χ1v) is 4.40. The monoisotopic (exact) mass is 189 g/mol. The second-order valence-electron chi connectivity index (χ2n) is 3.25. The van der Waals surface area contributed by atoms with Crippen LogP contribution < -0.4 is 0 Å². The van der Waals surface area contributed by atoms with Crippen LogP contribution >= 0.6 is 0 Å². The molecule has 0 bridgehead atoms. The molecule has 1 heterocycles. The van der Waals surface area contributed by atoms with Crippen LogP contribution in [0.25, 0.3) is 11.5 Å². The predicted molar refractivity (Wildman–Crippen MR) is 53.1 cm³/mol. The first kappa shape index (κ1) is 8.81. The molecule has 72 valence electrons. The number of aromatic hydroxyl groups is 1. The normalized spacial score (nSPS) is 10.4. The highest BCUT2D eigenvalue weighted by Gasteiger charge is 2.10. The van der Waals surface area contributed by atoms with Crippen LogP contribution in [0.4, 0.5) is 0 Å². The highest BCUT2D eigenvalue weighted by Crippen LogP contribution is 2.30. The van der Waals surface area contributed by atoms with E-state index in [-0.39, 0.29) is 5.75 Å². The Morgan fingerprint density at radius 2 is 2.07 bits per heavy atom. The van der Waals surface area contributed by atoms with Gasteiger partial charge in [0, 0.05) is 0 Å². The Balaban J connectivity index is 2.57. The van der Waals surface area contributed by atoms with Gasteiger partial charge in [0.05, 0.1) is 11.8 Å². The van der Waals surface area contributed by atoms with Crippen molar-refractivity contribution in [2.24, 2.45) is 0 Å². The Kier molecular flexibility index (Phi) is 2.00. The quantitative estimate of drug-likeness (QED) is 0.750. The van der Waals surface area contributed by atoms with Crippen molar-refractivity contribution in [2.45, 2.75) is 13.8 Å².